The molecule has 1 heterocycles. The fraction of sp³-hybridized carbons (Fsp3) is 0.200. The number of fused-ring (bicyclic) bond motifs is 1. The molecule has 18 heavy (non-hydrogen) atoms. The molecule has 92 valence electrons. The predicted octanol–water partition coefficient (Wildman–Crippen LogP) is 4.49. The monoisotopic (exact) mass is 321 g/mol. The third-order valence-electron chi connectivity index (χ3n) is 3.41. The third-order valence-corrected chi connectivity index (χ3v) is 4.25. The molecule has 0 aromatic heterocycles. The molecular formula is C15H13BrClN. The van der Waals surface area contributed by atoms with Crippen LogP contribution in [0.15, 0.2) is 46.9 Å². The molecule has 3 heteroatoms. The number of benzene rings is 2. The quantitative estimate of drug-likeness (QED) is 0.859. The highest BCUT2D eigenvalue weighted by atomic mass is 79.9. The van der Waals surface area contributed by atoms with Crippen molar-refractivity contribution in [3.8, 4) is 0 Å². The lowest BCUT2D eigenvalue weighted by Crippen LogP contribution is -2.14. The number of hydrogen-bond donors (Lipinski definition) is 1. The minimum atomic E-state index is 0.375. The maximum Gasteiger partial charge on any atom is 0.0449 e. The van der Waals surface area contributed by atoms with Gasteiger partial charge >= 0.3 is 0 Å². The zero-order chi connectivity index (χ0) is 12.5. The van der Waals surface area contributed by atoms with Crippen LogP contribution in [0.2, 0.25) is 5.02 Å². The van der Waals surface area contributed by atoms with Gasteiger partial charge in [0.2, 0.25) is 0 Å². The Labute approximate surface area is 120 Å². The van der Waals surface area contributed by atoms with Gasteiger partial charge in [0.05, 0.1) is 0 Å². The Balaban J connectivity index is 1.86. The molecule has 0 radical (unpaired) electrons. The van der Waals surface area contributed by atoms with Crippen LogP contribution < -0.4 is 5.32 Å². The highest BCUT2D eigenvalue weighted by Crippen LogP contribution is 2.31. The molecule has 1 aliphatic heterocycles. The van der Waals surface area contributed by atoms with Gasteiger partial charge in [-0.3, -0.25) is 0 Å². The first-order valence-corrected chi connectivity index (χ1v) is 7.16. The van der Waals surface area contributed by atoms with Crippen molar-refractivity contribution in [2.45, 2.75) is 19.0 Å². The number of halogens is 2. The highest BCUT2D eigenvalue weighted by Gasteiger charge is 2.21. The minimum Gasteiger partial charge on any atom is -0.306 e. The van der Waals surface area contributed by atoms with E-state index < -0.39 is 0 Å². The molecule has 0 saturated heterocycles. The fourth-order valence-corrected chi connectivity index (χ4v) is 3.22. The van der Waals surface area contributed by atoms with Crippen LogP contribution >= 0.6 is 27.5 Å². The van der Waals surface area contributed by atoms with Gasteiger partial charge in [-0.25, -0.2) is 0 Å². The van der Waals surface area contributed by atoms with Crippen LogP contribution in [0.25, 0.3) is 0 Å². The first-order valence-electron chi connectivity index (χ1n) is 5.99. The zero-order valence-electron chi connectivity index (χ0n) is 9.79. The van der Waals surface area contributed by atoms with Crippen LogP contribution in [0.3, 0.4) is 0 Å². The standard InChI is InChI=1S/C15H13BrClN/c16-12-6-5-10(14(17)8-12)7-15-13-4-2-1-3-11(13)9-18-15/h1-6,8,15,18H,7,9H2. The summed E-state index contributed by atoms with van der Waals surface area (Å²) in [4.78, 5) is 0. The average molecular weight is 323 g/mol. The van der Waals surface area contributed by atoms with Gasteiger partial charge in [0.15, 0.2) is 0 Å². The molecule has 3 rings (SSSR count). The maximum atomic E-state index is 6.28. The molecule has 2 aromatic carbocycles. The molecular weight excluding hydrogens is 310 g/mol. The van der Waals surface area contributed by atoms with E-state index in [-0.39, 0.29) is 0 Å². The molecule has 0 bridgehead atoms. The smallest absolute Gasteiger partial charge is 0.0449 e. The molecule has 1 nitrogen and oxygen atoms in total. The molecule has 1 aliphatic rings. The summed E-state index contributed by atoms with van der Waals surface area (Å²) in [6.07, 6.45) is 0.934. The second-order valence-electron chi connectivity index (χ2n) is 4.57. The normalized spacial score (nSPS) is 17.8. The molecule has 0 saturated carbocycles. The summed E-state index contributed by atoms with van der Waals surface area (Å²) in [6, 6.07) is 15.0. The van der Waals surface area contributed by atoms with E-state index in [0.717, 1.165) is 22.5 Å². The Morgan fingerprint density at radius 2 is 2.06 bits per heavy atom. The van der Waals surface area contributed by atoms with E-state index in [4.69, 9.17) is 11.6 Å². The SMILES string of the molecule is Clc1cc(Br)ccc1CC1NCc2ccccc21. The average Bonchev–Trinajstić information content (AvgIpc) is 2.76. The van der Waals surface area contributed by atoms with Gasteiger partial charge in [-0.05, 0) is 35.2 Å². The van der Waals surface area contributed by atoms with Crippen molar-refractivity contribution in [1.82, 2.24) is 5.32 Å². The molecule has 2 aromatic rings. The van der Waals surface area contributed by atoms with Crippen molar-refractivity contribution in [3.05, 3.63) is 68.7 Å². The molecule has 0 spiro atoms. The fourth-order valence-electron chi connectivity index (χ4n) is 2.47. The summed E-state index contributed by atoms with van der Waals surface area (Å²) in [5.41, 5.74) is 3.99. The van der Waals surface area contributed by atoms with E-state index >= 15 is 0 Å². The second-order valence-corrected chi connectivity index (χ2v) is 5.90. The van der Waals surface area contributed by atoms with Crippen LogP contribution in [0.4, 0.5) is 0 Å². The van der Waals surface area contributed by atoms with Gasteiger partial charge in [-0.2, -0.15) is 0 Å². The van der Waals surface area contributed by atoms with Gasteiger partial charge in [0, 0.05) is 22.1 Å². The van der Waals surface area contributed by atoms with Crippen LogP contribution in [0.5, 0.6) is 0 Å². The first kappa shape index (κ1) is 12.2. The predicted molar refractivity (Wildman–Crippen MR) is 78.9 cm³/mol. The van der Waals surface area contributed by atoms with E-state index in [2.05, 4.69) is 51.6 Å². The van der Waals surface area contributed by atoms with Gasteiger partial charge in [-0.1, -0.05) is 57.9 Å². The minimum absolute atomic E-state index is 0.375. The van der Waals surface area contributed by atoms with E-state index in [0.29, 0.717) is 6.04 Å². The molecule has 1 N–H and O–H groups in total. The lowest BCUT2D eigenvalue weighted by atomic mass is 9.99. The summed E-state index contributed by atoms with van der Waals surface area (Å²) in [6.45, 7) is 0.953. The van der Waals surface area contributed by atoms with E-state index in [9.17, 15) is 0 Å². The van der Waals surface area contributed by atoms with Gasteiger partial charge in [0.1, 0.15) is 0 Å². The van der Waals surface area contributed by atoms with Gasteiger partial charge < -0.3 is 5.32 Å². The number of nitrogens with one attached hydrogen (secondary N) is 1. The Hall–Kier alpha value is -0.830. The lowest BCUT2D eigenvalue weighted by Gasteiger charge is -2.13. The summed E-state index contributed by atoms with van der Waals surface area (Å²) < 4.78 is 1.02. The summed E-state index contributed by atoms with van der Waals surface area (Å²) in [7, 11) is 0. The number of hydrogen-bond acceptors (Lipinski definition) is 1. The van der Waals surface area contributed by atoms with Gasteiger partial charge in [0.25, 0.3) is 0 Å². The van der Waals surface area contributed by atoms with Crippen molar-refractivity contribution < 1.29 is 0 Å². The topological polar surface area (TPSA) is 12.0 Å². The molecule has 0 fully saturated rings. The Kier molecular flexibility index (Phi) is 3.42. The van der Waals surface area contributed by atoms with E-state index in [1.54, 1.807) is 0 Å². The lowest BCUT2D eigenvalue weighted by molar-refractivity contribution is 0.581. The molecule has 0 amide bonds. The van der Waals surface area contributed by atoms with Crippen molar-refractivity contribution in [2.75, 3.05) is 0 Å². The van der Waals surface area contributed by atoms with Gasteiger partial charge in [-0.15, -0.1) is 0 Å². The maximum absolute atomic E-state index is 6.28. The van der Waals surface area contributed by atoms with Crippen LogP contribution in [0, 0.1) is 0 Å². The van der Waals surface area contributed by atoms with Crippen LogP contribution in [-0.4, -0.2) is 0 Å². The summed E-state index contributed by atoms with van der Waals surface area (Å²) in [5.74, 6) is 0. The Morgan fingerprint density at radius 1 is 1.22 bits per heavy atom. The highest BCUT2D eigenvalue weighted by molar-refractivity contribution is 9.10. The summed E-state index contributed by atoms with van der Waals surface area (Å²) in [5, 5.41) is 4.37. The third kappa shape index (κ3) is 2.33. The van der Waals surface area contributed by atoms with Crippen molar-refractivity contribution in [3.63, 3.8) is 0 Å². The van der Waals surface area contributed by atoms with Crippen molar-refractivity contribution in [2.24, 2.45) is 0 Å². The number of rotatable bonds is 2. The van der Waals surface area contributed by atoms with Crippen LogP contribution in [0.1, 0.15) is 22.7 Å². The molecule has 1 unspecified atom stereocenters. The van der Waals surface area contributed by atoms with Crippen molar-refractivity contribution in [1.29, 1.82) is 0 Å². The first-order chi connectivity index (χ1) is 8.74. The molecule has 1 atom stereocenters. The second kappa shape index (κ2) is 5.04. The zero-order valence-corrected chi connectivity index (χ0v) is 12.1. The Morgan fingerprint density at radius 3 is 2.89 bits per heavy atom. The Bertz CT molecular complexity index is 582. The van der Waals surface area contributed by atoms with Crippen molar-refractivity contribution >= 4 is 27.5 Å². The van der Waals surface area contributed by atoms with E-state index in [1.807, 2.05) is 12.1 Å². The summed E-state index contributed by atoms with van der Waals surface area (Å²) >= 11 is 9.71. The molecule has 0 aliphatic carbocycles. The van der Waals surface area contributed by atoms with E-state index in [1.165, 1.54) is 16.7 Å². The van der Waals surface area contributed by atoms with Crippen LogP contribution in [-0.2, 0) is 13.0 Å². The largest absolute Gasteiger partial charge is 0.306 e.